The number of nitrogens with zero attached hydrogens (tertiary/aromatic N) is 1. The Hall–Kier alpha value is -2.46. The lowest BCUT2D eigenvalue weighted by Crippen LogP contribution is -2.14. The maximum absolute atomic E-state index is 12.3. The van der Waals surface area contributed by atoms with Crippen LogP contribution in [0.25, 0.3) is 11.3 Å². The van der Waals surface area contributed by atoms with Crippen molar-refractivity contribution in [2.24, 2.45) is 0 Å². The predicted octanol–water partition coefficient (Wildman–Crippen LogP) is 5.22. The van der Waals surface area contributed by atoms with E-state index < -0.39 is 0 Å². The maximum Gasteiger partial charge on any atom is 0.231 e. The number of anilines is 1. The first-order chi connectivity index (χ1) is 11.9. The Labute approximate surface area is 152 Å². The van der Waals surface area contributed by atoms with E-state index >= 15 is 0 Å². The minimum absolute atomic E-state index is 0.0353. The van der Waals surface area contributed by atoms with Crippen molar-refractivity contribution in [3.63, 3.8) is 0 Å². The highest BCUT2D eigenvalue weighted by atomic mass is 32.1. The molecule has 0 bridgehead atoms. The topological polar surface area (TPSA) is 42.0 Å². The lowest BCUT2D eigenvalue weighted by molar-refractivity contribution is -0.115. The molecular weight excluding hydrogens is 328 g/mol. The third-order valence-electron chi connectivity index (χ3n) is 4.10. The van der Waals surface area contributed by atoms with Gasteiger partial charge in [0, 0.05) is 16.1 Å². The number of benzene rings is 2. The minimum atomic E-state index is -0.0353. The monoisotopic (exact) mass is 350 g/mol. The molecule has 1 N–H and O–H groups in total. The molecule has 4 heteroatoms. The highest BCUT2D eigenvalue weighted by molar-refractivity contribution is 7.12. The van der Waals surface area contributed by atoms with Gasteiger partial charge >= 0.3 is 0 Å². The molecule has 0 atom stereocenters. The second-order valence-electron chi connectivity index (χ2n) is 6.43. The lowest BCUT2D eigenvalue weighted by atomic mass is 10.0. The Bertz CT molecular complexity index is 927. The smallest absolute Gasteiger partial charge is 0.231 e. The molecule has 3 rings (SSSR count). The van der Waals surface area contributed by atoms with Crippen molar-refractivity contribution in [1.82, 2.24) is 4.98 Å². The van der Waals surface area contributed by atoms with Crippen molar-refractivity contribution in [2.45, 2.75) is 34.1 Å². The molecule has 0 aliphatic carbocycles. The molecule has 3 aromatic rings. The zero-order valence-corrected chi connectivity index (χ0v) is 15.8. The first-order valence-electron chi connectivity index (χ1n) is 8.33. The van der Waals surface area contributed by atoms with E-state index in [0.29, 0.717) is 6.42 Å². The zero-order valence-electron chi connectivity index (χ0n) is 15.0. The molecule has 0 aliphatic heterocycles. The summed E-state index contributed by atoms with van der Waals surface area (Å²) >= 11 is 1.59. The van der Waals surface area contributed by atoms with E-state index in [1.165, 1.54) is 11.1 Å². The molecule has 0 saturated carbocycles. The van der Waals surface area contributed by atoms with Gasteiger partial charge < -0.3 is 5.32 Å². The third-order valence-corrected chi connectivity index (χ3v) is 5.07. The molecule has 25 heavy (non-hydrogen) atoms. The van der Waals surface area contributed by atoms with Crippen molar-refractivity contribution < 1.29 is 4.79 Å². The van der Waals surface area contributed by atoms with Crippen LogP contribution in [0.1, 0.15) is 26.6 Å². The summed E-state index contributed by atoms with van der Waals surface area (Å²) in [5.74, 6) is -0.0353. The van der Waals surface area contributed by atoms with Gasteiger partial charge in [-0.15, -0.1) is 11.3 Å². The summed E-state index contributed by atoms with van der Waals surface area (Å²) in [6, 6.07) is 14.2. The molecule has 3 nitrogen and oxygen atoms in total. The van der Waals surface area contributed by atoms with Gasteiger partial charge in [0.15, 0.2) is 0 Å². The van der Waals surface area contributed by atoms with Gasteiger partial charge in [-0.1, -0.05) is 29.8 Å². The van der Waals surface area contributed by atoms with Crippen LogP contribution in [-0.2, 0) is 11.2 Å². The van der Waals surface area contributed by atoms with Crippen molar-refractivity contribution in [2.75, 3.05) is 5.32 Å². The van der Waals surface area contributed by atoms with Crippen LogP contribution in [0.15, 0.2) is 42.5 Å². The highest BCUT2D eigenvalue weighted by Gasteiger charge is 2.14. The molecule has 1 heterocycles. The van der Waals surface area contributed by atoms with Crippen LogP contribution in [0.3, 0.4) is 0 Å². The largest absolute Gasteiger partial charge is 0.326 e. The van der Waals surface area contributed by atoms with Crippen molar-refractivity contribution in [3.05, 3.63) is 69.0 Å². The molecule has 0 radical (unpaired) electrons. The Balaban J connectivity index is 1.78. The number of carbonyl (C=O) groups excluding carboxylic acids is 1. The average Bonchev–Trinajstić information content (AvgIpc) is 2.89. The fraction of sp³-hybridized carbons (Fsp3) is 0.238. The molecule has 0 aliphatic rings. The van der Waals surface area contributed by atoms with E-state index in [0.717, 1.165) is 32.4 Å². The van der Waals surface area contributed by atoms with Gasteiger partial charge in [-0.05, 0) is 57.0 Å². The molecule has 0 fully saturated rings. The Morgan fingerprint density at radius 3 is 2.56 bits per heavy atom. The van der Waals surface area contributed by atoms with E-state index in [9.17, 15) is 4.79 Å². The van der Waals surface area contributed by atoms with Gasteiger partial charge in [0.25, 0.3) is 0 Å². The second kappa shape index (κ2) is 7.19. The van der Waals surface area contributed by atoms with E-state index in [1.807, 2.05) is 31.2 Å². The predicted molar refractivity (Wildman–Crippen MR) is 105 cm³/mol. The van der Waals surface area contributed by atoms with Crippen molar-refractivity contribution in [3.8, 4) is 11.3 Å². The number of carbonyl (C=O) groups is 1. The van der Waals surface area contributed by atoms with E-state index in [1.54, 1.807) is 11.3 Å². The maximum atomic E-state index is 12.3. The fourth-order valence-corrected chi connectivity index (χ4v) is 3.78. The van der Waals surface area contributed by atoms with Crippen LogP contribution < -0.4 is 5.32 Å². The van der Waals surface area contributed by atoms with Crippen molar-refractivity contribution >= 4 is 22.9 Å². The van der Waals surface area contributed by atoms with Gasteiger partial charge in [0.2, 0.25) is 5.91 Å². The number of thiazole rings is 1. The van der Waals surface area contributed by atoms with Crippen LogP contribution in [-0.4, -0.2) is 10.9 Å². The Morgan fingerprint density at radius 1 is 1.04 bits per heavy atom. The van der Waals surface area contributed by atoms with E-state index in [4.69, 9.17) is 4.98 Å². The lowest BCUT2D eigenvalue weighted by Gasteiger charge is -2.05. The number of amides is 1. The number of hydrogen-bond acceptors (Lipinski definition) is 3. The quantitative estimate of drug-likeness (QED) is 0.700. The molecule has 128 valence electrons. The molecule has 0 spiro atoms. The van der Waals surface area contributed by atoms with Crippen LogP contribution in [0, 0.1) is 27.7 Å². The summed E-state index contributed by atoms with van der Waals surface area (Å²) in [7, 11) is 0. The number of aromatic nitrogens is 1. The Morgan fingerprint density at radius 2 is 1.80 bits per heavy atom. The number of aryl methyl sites for hydroxylation is 4. The minimum Gasteiger partial charge on any atom is -0.326 e. The van der Waals surface area contributed by atoms with Crippen LogP contribution in [0.2, 0.25) is 0 Å². The molecule has 1 aromatic heterocycles. The number of nitrogens with one attached hydrogen (secondary N) is 1. The van der Waals surface area contributed by atoms with Crippen LogP contribution >= 0.6 is 11.3 Å². The summed E-state index contributed by atoms with van der Waals surface area (Å²) in [6.45, 7) is 8.26. The van der Waals surface area contributed by atoms with E-state index in [-0.39, 0.29) is 5.91 Å². The molecule has 0 saturated heterocycles. The molecular formula is C21H22N2OS. The van der Waals surface area contributed by atoms with Gasteiger partial charge in [-0.2, -0.15) is 0 Å². The molecule has 1 amide bonds. The summed E-state index contributed by atoms with van der Waals surface area (Å²) in [6.07, 6.45) is 0.296. The Kier molecular flexibility index (Phi) is 5.00. The average molecular weight is 350 g/mol. The van der Waals surface area contributed by atoms with E-state index in [2.05, 4.69) is 44.3 Å². The summed E-state index contributed by atoms with van der Waals surface area (Å²) in [4.78, 5) is 18.2. The van der Waals surface area contributed by atoms with Crippen molar-refractivity contribution in [1.29, 1.82) is 0 Å². The second-order valence-corrected chi connectivity index (χ2v) is 7.71. The molecule has 2 aromatic carbocycles. The number of rotatable bonds is 4. The van der Waals surface area contributed by atoms with Gasteiger partial charge in [-0.25, -0.2) is 4.98 Å². The van der Waals surface area contributed by atoms with Gasteiger partial charge in [0.05, 0.1) is 12.1 Å². The number of hydrogen-bond donors (Lipinski definition) is 1. The summed E-state index contributed by atoms with van der Waals surface area (Å²) in [5, 5.41) is 3.79. The van der Waals surface area contributed by atoms with Gasteiger partial charge in [0.1, 0.15) is 5.01 Å². The zero-order chi connectivity index (χ0) is 18.0. The molecule has 0 unspecified atom stereocenters. The summed E-state index contributed by atoms with van der Waals surface area (Å²) < 4.78 is 0. The van der Waals surface area contributed by atoms with Crippen LogP contribution in [0.4, 0.5) is 5.69 Å². The standard InChI is InChI=1S/C21H22N2OS/c1-13-6-5-7-17(10-13)22-19(24)12-20-23-21(16(4)25-20)18-11-14(2)8-9-15(18)3/h5-11H,12H2,1-4H3,(H,22,24). The first-order valence-corrected chi connectivity index (χ1v) is 9.14. The summed E-state index contributed by atoms with van der Waals surface area (Å²) in [5.41, 5.74) is 6.51. The fourth-order valence-electron chi connectivity index (χ4n) is 2.83. The SMILES string of the molecule is Cc1cccc(NC(=O)Cc2nc(-c3cc(C)ccc3C)c(C)s2)c1. The van der Waals surface area contributed by atoms with Crippen LogP contribution in [0.5, 0.6) is 0 Å². The normalized spacial score (nSPS) is 10.7. The third kappa shape index (κ3) is 4.15. The van der Waals surface area contributed by atoms with Gasteiger partial charge in [-0.3, -0.25) is 4.79 Å². The first kappa shape index (κ1) is 17.4. The highest BCUT2D eigenvalue weighted by Crippen LogP contribution is 2.30.